The molecular formula is C11H17N3O2. The van der Waals surface area contributed by atoms with Crippen LogP contribution in [0.15, 0.2) is 24.3 Å². The Kier molecular flexibility index (Phi) is 4.13. The van der Waals surface area contributed by atoms with Crippen molar-refractivity contribution in [3.05, 3.63) is 24.3 Å². The lowest BCUT2D eigenvalue weighted by atomic mass is 10.2. The van der Waals surface area contributed by atoms with Gasteiger partial charge in [-0.25, -0.2) is 0 Å². The van der Waals surface area contributed by atoms with Gasteiger partial charge in [-0.05, 0) is 12.1 Å². The molecule has 0 saturated carbocycles. The van der Waals surface area contributed by atoms with Gasteiger partial charge in [0.2, 0.25) is 5.91 Å². The molecule has 0 aliphatic carbocycles. The maximum absolute atomic E-state index is 10.8. The molecule has 1 atom stereocenters. The van der Waals surface area contributed by atoms with Crippen molar-refractivity contribution in [1.29, 1.82) is 0 Å². The Hall–Kier alpha value is -1.75. The number of rotatable bonds is 5. The Bertz CT molecular complexity index is 368. The number of hydrogen-bond donors (Lipinski definition) is 2. The third-order valence-electron chi connectivity index (χ3n) is 2.33. The number of hydrogen-bond acceptors (Lipinski definition) is 4. The van der Waals surface area contributed by atoms with Crippen molar-refractivity contribution >= 4 is 11.6 Å². The van der Waals surface area contributed by atoms with Gasteiger partial charge >= 0.3 is 0 Å². The second-order valence-electron chi connectivity index (χ2n) is 3.59. The van der Waals surface area contributed by atoms with E-state index in [1.807, 2.05) is 36.2 Å². The number of carbonyl (C=O) groups excluding carboxylic acids is 1. The van der Waals surface area contributed by atoms with Crippen molar-refractivity contribution in [2.24, 2.45) is 11.5 Å². The Balaban J connectivity index is 2.72. The summed E-state index contributed by atoms with van der Waals surface area (Å²) in [4.78, 5) is 12.7. The number of nitrogens with zero attached hydrogens (tertiary/aromatic N) is 1. The summed E-state index contributed by atoms with van der Waals surface area (Å²) < 4.78 is 5.11. The molecule has 5 nitrogen and oxygen atoms in total. The molecule has 1 unspecified atom stereocenters. The minimum absolute atomic E-state index is 0.377. The quantitative estimate of drug-likeness (QED) is 0.733. The molecule has 0 saturated heterocycles. The molecule has 0 radical (unpaired) electrons. The first-order valence-electron chi connectivity index (χ1n) is 4.94. The number of anilines is 1. The highest BCUT2D eigenvalue weighted by molar-refractivity contribution is 5.80. The first-order chi connectivity index (χ1) is 7.54. The highest BCUT2D eigenvalue weighted by Crippen LogP contribution is 2.19. The van der Waals surface area contributed by atoms with E-state index in [0.717, 1.165) is 11.4 Å². The van der Waals surface area contributed by atoms with Gasteiger partial charge in [0, 0.05) is 25.3 Å². The van der Waals surface area contributed by atoms with E-state index in [1.165, 1.54) is 0 Å². The molecule has 0 spiro atoms. The van der Waals surface area contributed by atoms with Crippen molar-refractivity contribution in [3.8, 4) is 5.75 Å². The Labute approximate surface area is 95.0 Å². The van der Waals surface area contributed by atoms with E-state index in [2.05, 4.69) is 0 Å². The van der Waals surface area contributed by atoms with Crippen molar-refractivity contribution < 1.29 is 9.53 Å². The number of amides is 1. The van der Waals surface area contributed by atoms with Crippen LogP contribution in [0.25, 0.3) is 0 Å². The molecule has 0 aliphatic rings. The van der Waals surface area contributed by atoms with Crippen molar-refractivity contribution in [2.45, 2.75) is 6.04 Å². The van der Waals surface area contributed by atoms with Gasteiger partial charge in [-0.15, -0.1) is 0 Å². The zero-order valence-electron chi connectivity index (χ0n) is 9.51. The van der Waals surface area contributed by atoms with Crippen LogP contribution in [-0.4, -0.2) is 32.7 Å². The van der Waals surface area contributed by atoms with Crippen LogP contribution in [0.4, 0.5) is 5.69 Å². The number of likely N-dealkylation sites (N-methyl/N-ethyl adjacent to an activating group) is 1. The standard InChI is InChI=1S/C11H17N3O2/c1-14(7-10(12)11(13)15)8-4-3-5-9(6-8)16-2/h3-6,10H,7,12H2,1-2H3,(H2,13,15). The van der Waals surface area contributed by atoms with E-state index in [0.29, 0.717) is 6.54 Å². The molecule has 88 valence electrons. The molecule has 0 fully saturated rings. The molecule has 0 bridgehead atoms. The minimum atomic E-state index is -0.670. The summed E-state index contributed by atoms with van der Waals surface area (Å²) >= 11 is 0. The van der Waals surface area contributed by atoms with Crippen LogP contribution in [0.5, 0.6) is 5.75 Å². The lowest BCUT2D eigenvalue weighted by molar-refractivity contribution is -0.119. The maximum atomic E-state index is 10.8. The summed E-state index contributed by atoms with van der Waals surface area (Å²) in [5.74, 6) is 0.256. The molecule has 0 aliphatic heterocycles. The topological polar surface area (TPSA) is 81.6 Å². The van der Waals surface area contributed by atoms with Crippen LogP contribution in [0.1, 0.15) is 0 Å². The number of nitrogens with two attached hydrogens (primary N) is 2. The van der Waals surface area contributed by atoms with Crippen LogP contribution in [0, 0.1) is 0 Å². The summed E-state index contributed by atoms with van der Waals surface area (Å²) in [6.07, 6.45) is 0. The van der Waals surface area contributed by atoms with Gasteiger partial charge in [0.05, 0.1) is 7.11 Å². The normalized spacial score (nSPS) is 11.9. The van der Waals surface area contributed by atoms with Crippen molar-refractivity contribution in [1.82, 2.24) is 0 Å². The van der Waals surface area contributed by atoms with Crippen LogP contribution >= 0.6 is 0 Å². The molecule has 1 aromatic carbocycles. The fraction of sp³-hybridized carbons (Fsp3) is 0.364. The second kappa shape index (κ2) is 5.37. The third-order valence-corrected chi connectivity index (χ3v) is 2.33. The Morgan fingerprint density at radius 2 is 2.25 bits per heavy atom. The van der Waals surface area contributed by atoms with Crippen LogP contribution in [0.2, 0.25) is 0 Å². The first-order valence-corrected chi connectivity index (χ1v) is 4.94. The van der Waals surface area contributed by atoms with Gasteiger partial charge in [0.15, 0.2) is 0 Å². The van der Waals surface area contributed by atoms with Crippen LogP contribution in [0.3, 0.4) is 0 Å². The molecule has 16 heavy (non-hydrogen) atoms. The number of primary amides is 1. The van der Waals surface area contributed by atoms with E-state index >= 15 is 0 Å². The highest BCUT2D eigenvalue weighted by Gasteiger charge is 2.12. The summed E-state index contributed by atoms with van der Waals surface area (Å²) in [5, 5.41) is 0. The average Bonchev–Trinajstić information content (AvgIpc) is 2.28. The first kappa shape index (κ1) is 12.3. The lowest BCUT2D eigenvalue weighted by Gasteiger charge is -2.22. The van der Waals surface area contributed by atoms with E-state index < -0.39 is 11.9 Å². The van der Waals surface area contributed by atoms with Crippen LogP contribution < -0.4 is 21.1 Å². The zero-order chi connectivity index (χ0) is 12.1. The minimum Gasteiger partial charge on any atom is -0.497 e. The van der Waals surface area contributed by atoms with Crippen molar-refractivity contribution in [3.63, 3.8) is 0 Å². The predicted octanol–water partition coefficient (Wildman–Crippen LogP) is -0.0560. The summed E-state index contributed by atoms with van der Waals surface area (Å²) in [7, 11) is 3.45. The fourth-order valence-electron chi connectivity index (χ4n) is 1.34. The zero-order valence-corrected chi connectivity index (χ0v) is 9.51. The number of methoxy groups -OCH3 is 1. The largest absolute Gasteiger partial charge is 0.497 e. The van der Waals surface area contributed by atoms with Gasteiger partial charge in [-0.3, -0.25) is 4.79 Å². The third kappa shape index (κ3) is 3.13. The molecular weight excluding hydrogens is 206 g/mol. The smallest absolute Gasteiger partial charge is 0.236 e. The molecule has 5 heteroatoms. The van der Waals surface area contributed by atoms with Gasteiger partial charge in [-0.2, -0.15) is 0 Å². The molecule has 0 aromatic heterocycles. The highest BCUT2D eigenvalue weighted by atomic mass is 16.5. The number of ether oxygens (including phenoxy) is 1. The predicted molar refractivity (Wildman–Crippen MR) is 63.4 cm³/mol. The molecule has 1 rings (SSSR count). The van der Waals surface area contributed by atoms with Gasteiger partial charge < -0.3 is 21.1 Å². The fourth-order valence-corrected chi connectivity index (χ4v) is 1.34. The Morgan fingerprint density at radius 3 is 2.81 bits per heavy atom. The van der Waals surface area contributed by atoms with Gasteiger partial charge in [0.25, 0.3) is 0 Å². The lowest BCUT2D eigenvalue weighted by Crippen LogP contribution is -2.44. The maximum Gasteiger partial charge on any atom is 0.236 e. The second-order valence-corrected chi connectivity index (χ2v) is 3.59. The Morgan fingerprint density at radius 1 is 1.56 bits per heavy atom. The van der Waals surface area contributed by atoms with E-state index in [9.17, 15) is 4.79 Å². The van der Waals surface area contributed by atoms with E-state index in [4.69, 9.17) is 16.2 Å². The SMILES string of the molecule is COc1cccc(N(C)CC(N)C(N)=O)c1. The van der Waals surface area contributed by atoms with Gasteiger partial charge in [-0.1, -0.05) is 6.07 Å². The van der Waals surface area contributed by atoms with Gasteiger partial charge in [0.1, 0.15) is 11.8 Å². The summed E-state index contributed by atoms with van der Waals surface area (Å²) in [5.41, 5.74) is 11.6. The average molecular weight is 223 g/mol. The number of benzene rings is 1. The molecule has 4 N–H and O–H groups in total. The van der Waals surface area contributed by atoms with Crippen molar-refractivity contribution in [2.75, 3.05) is 25.6 Å². The number of carbonyl (C=O) groups is 1. The molecule has 1 amide bonds. The molecule has 0 heterocycles. The summed E-state index contributed by atoms with van der Waals surface area (Å²) in [6.45, 7) is 0.377. The monoisotopic (exact) mass is 223 g/mol. The van der Waals surface area contributed by atoms with E-state index in [1.54, 1.807) is 7.11 Å². The van der Waals surface area contributed by atoms with Crippen LogP contribution in [-0.2, 0) is 4.79 Å². The molecule has 1 aromatic rings. The summed E-state index contributed by atoms with van der Waals surface area (Å²) in [6, 6.07) is 6.84. The van der Waals surface area contributed by atoms with E-state index in [-0.39, 0.29) is 0 Å².